The monoisotopic (exact) mass is 427 g/mol. The van der Waals surface area contributed by atoms with Crippen molar-refractivity contribution in [3.05, 3.63) is 60.2 Å². The van der Waals surface area contributed by atoms with Crippen LogP contribution in [-0.2, 0) is 14.8 Å². The molecule has 4 rings (SSSR count). The van der Waals surface area contributed by atoms with Crippen molar-refractivity contribution in [1.29, 1.82) is 0 Å². The van der Waals surface area contributed by atoms with Crippen LogP contribution in [0.2, 0.25) is 0 Å². The number of rotatable bonds is 4. The summed E-state index contributed by atoms with van der Waals surface area (Å²) in [6.07, 6.45) is 1.46. The zero-order chi connectivity index (χ0) is 21.1. The van der Waals surface area contributed by atoms with Gasteiger partial charge in [0, 0.05) is 45.0 Å². The van der Waals surface area contributed by atoms with Gasteiger partial charge in [0.2, 0.25) is 15.9 Å². The molecule has 0 saturated carbocycles. The van der Waals surface area contributed by atoms with Crippen molar-refractivity contribution in [2.75, 3.05) is 44.2 Å². The van der Waals surface area contributed by atoms with Gasteiger partial charge in [-0.3, -0.25) is 4.79 Å². The number of hydrogen-bond donors (Lipinski definition) is 0. The Bertz CT molecular complexity index is 969. The molecule has 0 N–H and O–H groups in total. The first-order valence-electron chi connectivity index (χ1n) is 10.6. The average molecular weight is 428 g/mol. The molecular weight excluding hydrogens is 398 g/mol. The van der Waals surface area contributed by atoms with Gasteiger partial charge in [0.1, 0.15) is 0 Å². The van der Waals surface area contributed by atoms with E-state index in [1.165, 1.54) is 9.99 Å². The van der Waals surface area contributed by atoms with Crippen LogP contribution in [0.15, 0.2) is 59.5 Å². The Morgan fingerprint density at radius 1 is 0.900 bits per heavy atom. The molecule has 0 radical (unpaired) electrons. The van der Waals surface area contributed by atoms with Crippen LogP contribution in [-0.4, -0.2) is 62.8 Å². The lowest BCUT2D eigenvalue weighted by molar-refractivity contribution is -0.137. The van der Waals surface area contributed by atoms with E-state index in [0.29, 0.717) is 31.0 Å². The van der Waals surface area contributed by atoms with Crippen molar-refractivity contribution in [3.63, 3.8) is 0 Å². The summed E-state index contributed by atoms with van der Waals surface area (Å²) in [5, 5.41) is 0. The van der Waals surface area contributed by atoms with Crippen molar-refractivity contribution in [1.82, 2.24) is 9.21 Å². The van der Waals surface area contributed by atoms with Crippen molar-refractivity contribution in [3.8, 4) is 0 Å². The largest absolute Gasteiger partial charge is 0.368 e. The highest BCUT2D eigenvalue weighted by atomic mass is 32.2. The number of para-hydroxylation sites is 1. The van der Waals surface area contributed by atoms with Crippen molar-refractivity contribution < 1.29 is 13.2 Å². The third-order valence-electron chi connectivity index (χ3n) is 6.10. The minimum Gasteiger partial charge on any atom is -0.368 e. The Morgan fingerprint density at radius 2 is 1.57 bits per heavy atom. The van der Waals surface area contributed by atoms with Gasteiger partial charge in [-0.15, -0.1) is 0 Å². The second-order valence-corrected chi connectivity index (χ2v) is 10.1. The standard InChI is InChI=1S/C23H29N3O3S/c1-19-9-11-22(12-10-19)30(28,29)26-13-5-6-20(18-26)23(27)25-16-14-24(15-17-25)21-7-3-2-4-8-21/h2-4,7-12,20H,5-6,13-18H2,1H3/t20-/m0/s1. The first-order chi connectivity index (χ1) is 14.4. The SMILES string of the molecule is Cc1ccc(S(=O)(=O)N2CCC[C@H](C(=O)N3CCN(c4ccccc4)CC3)C2)cc1. The fourth-order valence-electron chi connectivity index (χ4n) is 4.30. The van der Waals surface area contributed by atoms with E-state index in [2.05, 4.69) is 17.0 Å². The van der Waals surface area contributed by atoms with Gasteiger partial charge in [-0.25, -0.2) is 8.42 Å². The van der Waals surface area contributed by atoms with Crippen LogP contribution >= 0.6 is 0 Å². The molecule has 2 aromatic carbocycles. The summed E-state index contributed by atoms with van der Waals surface area (Å²) in [6.45, 7) is 5.63. The Kier molecular flexibility index (Phi) is 6.11. The lowest BCUT2D eigenvalue weighted by Crippen LogP contribution is -2.53. The Hall–Kier alpha value is -2.38. The third kappa shape index (κ3) is 4.37. The second kappa shape index (κ2) is 8.78. The van der Waals surface area contributed by atoms with Gasteiger partial charge in [0.15, 0.2) is 0 Å². The number of amides is 1. The highest BCUT2D eigenvalue weighted by Crippen LogP contribution is 2.26. The number of aryl methyl sites for hydroxylation is 1. The van der Waals surface area contributed by atoms with E-state index in [-0.39, 0.29) is 18.4 Å². The van der Waals surface area contributed by atoms with Gasteiger partial charge in [-0.05, 0) is 44.0 Å². The molecule has 30 heavy (non-hydrogen) atoms. The molecule has 2 aromatic rings. The number of anilines is 1. The molecule has 1 amide bonds. The number of carbonyl (C=O) groups excluding carboxylic acids is 1. The molecule has 6 nitrogen and oxygen atoms in total. The molecule has 0 aromatic heterocycles. The van der Waals surface area contributed by atoms with Crippen LogP contribution in [0.5, 0.6) is 0 Å². The molecule has 160 valence electrons. The smallest absolute Gasteiger partial charge is 0.243 e. The number of piperidine rings is 1. The molecular formula is C23H29N3O3S. The molecule has 0 spiro atoms. The van der Waals surface area contributed by atoms with Crippen molar-refractivity contribution >= 4 is 21.6 Å². The fraction of sp³-hybridized carbons (Fsp3) is 0.435. The summed E-state index contributed by atoms with van der Waals surface area (Å²) < 4.78 is 27.6. The molecule has 2 aliphatic rings. The Balaban J connectivity index is 1.39. The average Bonchev–Trinajstić information content (AvgIpc) is 2.80. The maximum absolute atomic E-state index is 13.1. The summed E-state index contributed by atoms with van der Waals surface area (Å²) in [7, 11) is -3.57. The minimum absolute atomic E-state index is 0.0894. The minimum atomic E-state index is -3.57. The highest BCUT2D eigenvalue weighted by molar-refractivity contribution is 7.89. The van der Waals surface area contributed by atoms with Crippen LogP contribution in [0.25, 0.3) is 0 Å². The summed E-state index contributed by atoms with van der Waals surface area (Å²) in [5.74, 6) is -0.172. The number of nitrogens with zero attached hydrogens (tertiary/aromatic N) is 3. The van der Waals surface area contributed by atoms with Gasteiger partial charge in [-0.2, -0.15) is 4.31 Å². The van der Waals surface area contributed by atoms with Gasteiger partial charge in [-0.1, -0.05) is 35.9 Å². The van der Waals surface area contributed by atoms with Crippen LogP contribution in [0.4, 0.5) is 5.69 Å². The molecule has 2 heterocycles. The molecule has 1 atom stereocenters. The number of piperazine rings is 1. The molecule has 0 unspecified atom stereocenters. The highest BCUT2D eigenvalue weighted by Gasteiger charge is 2.35. The molecule has 0 bridgehead atoms. The van der Waals surface area contributed by atoms with E-state index in [0.717, 1.165) is 25.1 Å². The predicted octanol–water partition coefficient (Wildman–Crippen LogP) is 2.74. The first-order valence-corrected chi connectivity index (χ1v) is 12.0. The number of sulfonamides is 1. The summed E-state index contributed by atoms with van der Waals surface area (Å²) in [6, 6.07) is 17.2. The zero-order valence-corrected chi connectivity index (χ0v) is 18.2. The fourth-order valence-corrected chi connectivity index (χ4v) is 5.83. The Morgan fingerprint density at radius 3 is 2.23 bits per heavy atom. The maximum atomic E-state index is 13.1. The second-order valence-electron chi connectivity index (χ2n) is 8.16. The summed E-state index contributed by atoms with van der Waals surface area (Å²) >= 11 is 0. The van der Waals surface area contributed by atoms with Crippen LogP contribution in [0.1, 0.15) is 18.4 Å². The number of carbonyl (C=O) groups is 1. The van der Waals surface area contributed by atoms with Crippen molar-refractivity contribution in [2.24, 2.45) is 5.92 Å². The van der Waals surface area contributed by atoms with Crippen LogP contribution in [0, 0.1) is 12.8 Å². The molecule has 7 heteroatoms. The first kappa shape index (κ1) is 20.9. The van der Waals surface area contributed by atoms with E-state index < -0.39 is 10.0 Å². The number of benzene rings is 2. The van der Waals surface area contributed by atoms with Gasteiger partial charge >= 0.3 is 0 Å². The normalized spacial score (nSPS) is 20.9. The van der Waals surface area contributed by atoms with Gasteiger partial charge in [0.25, 0.3) is 0 Å². The third-order valence-corrected chi connectivity index (χ3v) is 7.98. The van der Waals surface area contributed by atoms with E-state index in [9.17, 15) is 13.2 Å². The van der Waals surface area contributed by atoms with Crippen LogP contribution in [0.3, 0.4) is 0 Å². The number of hydrogen-bond acceptors (Lipinski definition) is 4. The maximum Gasteiger partial charge on any atom is 0.243 e. The topological polar surface area (TPSA) is 60.9 Å². The Labute approximate surface area is 179 Å². The molecule has 2 saturated heterocycles. The van der Waals surface area contributed by atoms with E-state index in [1.807, 2.05) is 42.2 Å². The predicted molar refractivity (Wildman–Crippen MR) is 118 cm³/mol. The van der Waals surface area contributed by atoms with E-state index in [4.69, 9.17) is 0 Å². The molecule has 2 fully saturated rings. The van der Waals surface area contributed by atoms with E-state index in [1.54, 1.807) is 12.1 Å². The summed E-state index contributed by atoms with van der Waals surface area (Å²) in [4.78, 5) is 17.6. The quantitative estimate of drug-likeness (QED) is 0.753. The van der Waals surface area contributed by atoms with Crippen LogP contribution < -0.4 is 4.90 Å². The van der Waals surface area contributed by atoms with E-state index >= 15 is 0 Å². The van der Waals surface area contributed by atoms with Gasteiger partial charge in [0.05, 0.1) is 10.8 Å². The lowest BCUT2D eigenvalue weighted by atomic mass is 9.97. The summed E-state index contributed by atoms with van der Waals surface area (Å²) in [5.41, 5.74) is 2.20. The van der Waals surface area contributed by atoms with Crippen molar-refractivity contribution in [2.45, 2.75) is 24.7 Å². The van der Waals surface area contributed by atoms with Gasteiger partial charge < -0.3 is 9.80 Å². The lowest BCUT2D eigenvalue weighted by Gasteiger charge is -2.39. The molecule has 2 aliphatic heterocycles. The molecule has 0 aliphatic carbocycles. The zero-order valence-electron chi connectivity index (χ0n) is 17.4.